The quantitative estimate of drug-likeness (QED) is 0.213. The van der Waals surface area contributed by atoms with Crippen LogP contribution in [0.1, 0.15) is 0 Å². The molecule has 4 aromatic carbocycles. The Kier molecular flexibility index (Phi) is 6.66. The molecule has 0 aliphatic rings. The average molecular weight is 581 g/mol. The molecule has 0 spiro atoms. The van der Waals surface area contributed by atoms with Gasteiger partial charge in [-0.2, -0.15) is 0 Å². The summed E-state index contributed by atoms with van der Waals surface area (Å²) in [4.78, 5) is 26.6. The van der Waals surface area contributed by atoms with Crippen LogP contribution < -0.4 is 25.1 Å². The maximum absolute atomic E-state index is 13.3. The molecule has 0 bridgehead atoms. The molecule has 0 unspecified atom stereocenters. The van der Waals surface area contributed by atoms with E-state index in [0.29, 0.717) is 22.6 Å². The number of aromatic hydroxyl groups is 3. The van der Waals surface area contributed by atoms with Crippen molar-refractivity contribution in [1.82, 2.24) is 0 Å². The predicted octanol–water partition coefficient (Wildman–Crippen LogP) is 6.04. The average Bonchev–Trinajstić information content (AvgIpc) is 3.01. The van der Waals surface area contributed by atoms with Gasteiger partial charge in [0.25, 0.3) is 0 Å². The summed E-state index contributed by atoms with van der Waals surface area (Å²) in [6, 6.07) is 18.3. The van der Waals surface area contributed by atoms with Crippen LogP contribution in [0.4, 0.5) is 0 Å². The first-order chi connectivity index (χ1) is 20.7. The number of hydrogen-bond donors (Lipinski definition) is 3. The van der Waals surface area contributed by atoms with Crippen LogP contribution in [0.3, 0.4) is 0 Å². The van der Waals surface area contributed by atoms with Crippen LogP contribution in [-0.2, 0) is 0 Å². The van der Waals surface area contributed by atoms with E-state index in [1.165, 1.54) is 45.6 Å². The molecule has 6 rings (SSSR count). The lowest BCUT2D eigenvalue weighted by Crippen LogP contribution is -2.04. The first-order valence-corrected chi connectivity index (χ1v) is 12.9. The topological polar surface area (TPSA) is 149 Å². The van der Waals surface area contributed by atoms with Gasteiger partial charge in [0.05, 0.1) is 32.5 Å². The second-order valence-corrected chi connectivity index (χ2v) is 9.58. The molecule has 2 heterocycles. The van der Waals surface area contributed by atoms with Crippen LogP contribution in [-0.4, -0.2) is 36.6 Å². The first-order valence-electron chi connectivity index (χ1n) is 12.9. The van der Waals surface area contributed by atoms with E-state index in [1.54, 1.807) is 48.5 Å². The summed E-state index contributed by atoms with van der Waals surface area (Å²) in [6.45, 7) is 0. The third-order valence-corrected chi connectivity index (χ3v) is 7.14. The fourth-order valence-corrected chi connectivity index (χ4v) is 5.02. The van der Waals surface area contributed by atoms with Gasteiger partial charge >= 0.3 is 0 Å². The van der Waals surface area contributed by atoms with Gasteiger partial charge in [0.15, 0.2) is 16.4 Å². The van der Waals surface area contributed by atoms with Crippen LogP contribution >= 0.6 is 0 Å². The zero-order chi connectivity index (χ0) is 30.4. The third kappa shape index (κ3) is 4.55. The van der Waals surface area contributed by atoms with Crippen molar-refractivity contribution >= 4 is 21.9 Å². The summed E-state index contributed by atoms with van der Waals surface area (Å²) in [5, 5.41) is 33.0. The van der Waals surface area contributed by atoms with E-state index in [0.717, 1.165) is 0 Å². The molecule has 10 nitrogen and oxygen atoms in total. The summed E-state index contributed by atoms with van der Waals surface area (Å²) in [7, 11) is 4.36. The second-order valence-electron chi connectivity index (χ2n) is 9.58. The molecule has 0 aliphatic carbocycles. The van der Waals surface area contributed by atoms with Crippen molar-refractivity contribution in [2.45, 2.75) is 0 Å². The largest absolute Gasteiger partial charge is 0.507 e. The van der Waals surface area contributed by atoms with E-state index < -0.39 is 28.1 Å². The molecule has 0 radical (unpaired) electrons. The highest BCUT2D eigenvalue weighted by molar-refractivity contribution is 6.06. The van der Waals surface area contributed by atoms with Crippen molar-refractivity contribution in [3.8, 4) is 68.3 Å². The van der Waals surface area contributed by atoms with E-state index >= 15 is 0 Å². The number of phenols is 3. The minimum absolute atomic E-state index is 0.0378. The Morgan fingerprint density at radius 3 is 1.65 bits per heavy atom. The summed E-state index contributed by atoms with van der Waals surface area (Å²) >= 11 is 0. The van der Waals surface area contributed by atoms with Gasteiger partial charge in [-0.05, 0) is 48.5 Å². The molecule has 0 amide bonds. The van der Waals surface area contributed by atoms with E-state index in [4.69, 9.17) is 23.0 Å². The number of benzene rings is 4. The molecule has 43 heavy (non-hydrogen) atoms. The standard InChI is InChI=1S/C33H24O10/c1-39-18-8-4-16(5-9-18)24-13-22(36)29-27(42-24)15-23(37)30(32(29)38)31-26(41-3)14-21(35)28-20(34)12-25(43-33(28)31)17-6-10-19(40-2)11-7-17/h4-15,35,37-38H,1-3H3. The van der Waals surface area contributed by atoms with E-state index in [2.05, 4.69) is 0 Å². The van der Waals surface area contributed by atoms with Crippen LogP contribution in [0.15, 0.2) is 91.2 Å². The maximum atomic E-state index is 13.3. The predicted molar refractivity (Wildman–Crippen MR) is 159 cm³/mol. The third-order valence-electron chi connectivity index (χ3n) is 7.14. The zero-order valence-corrected chi connectivity index (χ0v) is 23.1. The molecule has 6 aromatic rings. The van der Waals surface area contributed by atoms with E-state index in [9.17, 15) is 24.9 Å². The van der Waals surface area contributed by atoms with Gasteiger partial charge in [-0.25, -0.2) is 0 Å². The molecule has 2 aromatic heterocycles. The van der Waals surface area contributed by atoms with E-state index in [1.807, 2.05) is 0 Å². The summed E-state index contributed by atoms with van der Waals surface area (Å²) in [5.74, 6) is -0.0588. The molecule has 0 atom stereocenters. The minimum atomic E-state index is -0.632. The molecule has 0 saturated carbocycles. The number of phenolic OH excluding ortho intramolecular Hbond substituents is 3. The van der Waals surface area contributed by atoms with Gasteiger partial charge in [0, 0.05) is 35.4 Å². The van der Waals surface area contributed by atoms with Gasteiger partial charge in [0.1, 0.15) is 62.4 Å². The Labute approximate surface area is 243 Å². The van der Waals surface area contributed by atoms with Crippen molar-refractivity contribution in [3.05, 3.63) is 93.2 Å². The number of hydrogen-bond acceptors (Lipinski definition) is 10. The van der Waals surface area contributed by atoms with Crippen LogP contribution in [0.5, 0.6) is 34.5 Å². The highest BCUT2D eigenvalue weighted by Crippen LogP contribution is 2.50. The monoisotopic (exact) mass is 580 g/mol. The number of ether oxygens (including phenoxy) is 3. The van der Waals surface area contributed by atoms with Crippen LogP contribution in [0, 0.1) is 0 Å². The van der Waals surface area contributed by atoms with Crippen LogP contribution in [0.25, 0.3) is 55.7 Å². The normalized spacial score (nSPS) is 11.1. The number of fused-ring (bicyclic) bond motifs is 2. The Morgan fingerprint density at radius 2 is 1.12 bits per heavy atom. The van der Waals surface area contributed by atoms with E-state index in [-0.39, 0.29) is 50.3 Å². The van der Waals surface area contributed by atoms with Crippen molar-refractivity contribution in [3.63, 3.8) is 0 Å². The van der Waals surface area contributed by atoms with Crippen molar-refractivity contribution < 1.29 is 38.4 Å². The first kappa shape index (κ1) is 27.3. The molecule has 0 aliphatic heterocycles. The Bertz CT molecular complexity index is 2140. The number of methoxy groups -OCH3 is 3. The molecule has 0 fully saturated rings. The number of rotatable bonds is 6. The highest BCUT2D eigenvalue weighted by Gasteiger charge is 2.27. The smallest absolute Gasteiger partial charge is 0.197 e. The zero-order valence-electron chi connectivity index (χ0n) is 23.1. The Hall–Kier alpha value is -5.90. The summed E-state index contributed by atoms with van der Waals surface area (Å²) in [5.41, 5.74) is -0.662. The molecule has 216 valence electrons. The van der Waals surface area contributed by atoms with Crippen LogP contribution in [0.2, 0.25) is 0 Å². The minimum Gasteiger partial charge on any atom is -0.507 e. The van der Waals surface area contributed by atoms with Crippen molar-refractivity contribution in [2.75, 3.05) is 21.3 Å². The summed E-state index contributed by atoms with van der Waals surface area (Å²) < 4.78 is 27.9. The second kappa shape index (κ2) is 10.5. The maximum Gasteiger partial charge on any atom is 0.197 e. The fraction of sp³-hybridized carbons (Fsp3) is 0.0909. The van der Waals surface area contributed by atoms with Gasteiger partial charge in [0.2, 0.25) is 0 Å². The molecular formula is C33H24O10. The SMILES string of the molecule is COc1ccc(-c2cc(=O)c3c(O)c(-c4c(OC)cc(O)c5c(=O)cc(-c6ccc(OC)cc6)oc45)c(O)cc3o2)cc1. The fourth-order valence-electron chi connectivity index (χ4n) is 5.02. The molecule has 0 saturated heterocycles. The van der Waals surface area contributed by atoms with Gasteiger partial charge in [-0.1, -0.05) is 0 Å². The van der Waals surface area contributed by atoms with Gasteiger partial charge < -0.3 is 38.4 Å². The van der Waals surface area contributed by atoms with Gasteiger partial charge in [-0.15, -0.1) is 0 Å². The lowest BCUT2D eigenvalue weighted by molar-refractivity contribution is 0.407. The molecule has 3 N–H and O–H groups in total. The molecular weight excluding hydrogens is 556 g/mol. The highest BCUT2D eigenvalue weighted by atomic mass is 16.5. The lowest BCUT2D eigenvalue weighted by Gasteiger charge is -2.16. The Morgan fingerprint density at radius 1 is 0.581 bits per heavy atom. The lowest BCUT2D eigenvalue weighted by atomic mass is 9.96. The Balaban J connectivity index is 1.62. The van der Waals surface area contributed by atoms with Crippen molar-refractivity contribution in [2.24, 2.45) is 0 Å². The van der Waals surface area contributed by atoms with Gasteiger partial charge in [-0.3, -0.25) is 9.59 Å². The van der Waals surface area contributed by atoms with Crippen molar-refractivity contribution in [1.29, 1.82) is 0 Å². The summed E-state index contributed by atoms with van der Waals surface area (Å²) in [6.07, 6.45) is 0. The molecule has 10 heteroatoms.